The van der Waals surface area contributed by atoms with Crippen LogP contribution in [-0.4, -0.2) is 27.4 Å². The van der Waals surface area contributed by atoms with Crippen molar-refractivity contribution in [3.05, 3.63) is 60.2 Å². The highest BCUT2D eigenvalue weighted by molar-refractivity contribution is 7.89. The van der Waals surface area contributed by atoms with E-state index in [-0.39, 0.29) is 10.8 Å². The molecule has 1 amide bonds. The molecule has 5 nitrogen and oxygen atoms in total. The molecule has 1 saturated heterocycles. The number of aryl methyl sites for hydroxylation is 1. The topological polar surface area (TPSA) is 66.5 Å². The molecule has 0 spiro atoms. The van der Waals surface area contributed by atoms with E-state index >= 15 is 0 Å². The van der Waals surface area contributed by atoms with Gasteiger partial charge in [-0.3, -0.25) is 4.79 Å². The molecule has 0 unspecified atom stereocenters. The molecule has 1 N–H and O–H groups in total. The van der Waals surface area contributed by atoms with Crippen LogP contribution < -0.4 is 9.62 Å². The zero-order valence-electron chi connectivity index (χ0n) is 14.0. The second-order valence-electron chi connectivity index (χ2n) is 6.13. The van der Waals surface area contributed by atoms with Gasteiger partial charge in [0.2, 0.25) is 15.9 Å². The van der Waals surface area contributed by atoms with E-state index in [1.54, 1.807) is 29.2 Å². The van der Waals surface area contributed by atoms with E-state index < -0.39 is 10.0 Å². The Balaban J connectivity index is 1.55. The molecule has 0 aromatic heterocycles. The van der Waals surface area contributed by atoms with Crippen molar-refractivity contribution in [1.82, 2.24) is 4.72 Å². The number of carbonyl (C=O) groups is 1. The first kappa shape index (κ1) is 17.6. The van der Waals surface area contributed by atoms with Gasteiger partial charge in [-0.05, 0) is 49.1 Å². The van der Waals surface area contributed by atoms with E-state index in [4.69, 9.17) is 0 Å². The Morgan fingerprint density at radius 3 is 2.36 bits per heavy atom. The minimum atomic E-state index is -3.52. The van der Waals surface area contributed by atoms with Gasteiger partial charge in [0.05, 0.1) is 4.90 Å². The molecule has 3 rings (SSSR count). The summed E-state index contributed by atoms with van der Waals surface area (Å²) in [7, 11) is -3.52. The van der Waals surface area contributed by atoms with Crippen molar-refractivity contribution < 1.29 is 13.2 Å². The van der Waals surface area contributed by atoms with Crippen molar-refractivity contribution in [1.29, 1.82) is 0 Å². The molecule has 1 aliphatic heterocycles. The number of nitrogens with one attached hydrogen (secondary N) is 1. The number of hydrogen-bond acceptors (Lipinski definition) is 3. The van der Waals surface area contributed by atoms with Gasteiger partial charge in [0.15, 0.2) is 0 Å². The molecule has 0 radical (unpaired) electrons. The minimum absolute atomic E-state index is 0.0923. The van der Waals surface area contributed by atoms with Crippen LogP contribution in [0.5, 0.6) is 0 Å². The van der Waals surface area contributed by atoms with Crippen LogP contribution in [0.3, 0.4) is 0 Å². The van der Waals surface area contributed by atoms with Crippen LogP contribution in [0.4, 0.5) is 5.69 Å². The van der Waals surface area contributed by atoms with Gasteiger partial charge in [-0.15, -0.1) is 0 Å². The van der Waals surface area contributed by atoms with Crippen molar-refractivity contribution in [3.63, 3.8) is 0 Å². The number of nitrogens with zero attached hydrogens (tertiary/aromatic N) is 1. The zero-order chi connectivity index (χ0) is 17.7. The monoisotopic (exact) mass is 358 g/mol. The second-order valence-corrected chi connectivity index (χ2v) is 7.90. The maximum Gasteiger partial charge on any atom is 0.240 e. The Labute approximate surface area is 148 Å². The fraction of sp³-hybridized carbons (Fsp3) is 0.316. The number of carbonyl (C=O) groups excluding carboxylic acids is 1. The smallest absolute Gasteiger partial charge is 0.240 e. The summed E-state index contributed by atoms with van der Waals surface area (Å²) in [5, 5.41) is 0. The highest BCUT2D eigenvalue weighted by Crippen LogP contribution is 2.22. The average molecular weight is 358 g/mol. The molecule has 1 fully saturated rings. The van der Waals surface area contributed by atoms with E-state index in [1.807, 2.05) is 30.3 Å². The molecule has 0 atom stereocenters. The summed E-state index contributed by atoms with van der Waals surface area (Å²) in [5.41, 5.74) is 1.95. The number of hydrogen-bond donors (Lipinski definition) is 1. The normalized spacial score (nSPS) is 14.9. The highest BCUT2D eigenvalue weighted by Gasteiger charge is 2.22. The summed E-state index contributed by atoms with van der Waals surface area (Å²) in [5.74, 6) is 0.0923. The zero-order valence-corrected chi connectivity index (χ0v) is 14.8. The number of sulfonamides is 1. The lowest BCUT2D eigenvalue weighted by Crippen LogP contribution is -2.26. The van der Waals surface area contributed by atoms with Crippen LogP contribution in [0.1, 0.15) is 24.8 Å². The van der Waals surface area contributed by atoms with Crippen LogP contribution in [0.2, 0.25) is 0 Å². The third-order valence-electron chi connectivity index (χ3n) is 4.31. The highest BCUT2D eigenvalue weighted by atomic mass is 32.2. The van der Waals surface area contributed by atoms with Crippen LogP contribution in [0.25, 0.3) is 0 Å². The fourth-order valence-electron chi connectivity index (χ4n) is 2.95. The summed E-state index contributed by atoms with van der Waals surface area (Å²) < 4.78 is 27.3. The van der Waals surface area contributed by atoms with E-state index in [0.29, 0.717) is 19.5 Å². The first-order valence-electron chi connectivity index (χ1n) is 8.50. The van der Waals surface area contributed by atoms with E-state index in [2.05, 4.69) is 4.72 Å². The molecule has 132 valence electrons. The predicted octanol–water partition coefficient (Wildman–Crippen LogP) is 2.72. The number of anilines is 1. The van der Waals surface area contributed by atoms with Crippen LogP contribution in [0, 0.1) is 0 Å². The standard InChI is InChI=1S/C19H22N2O3S/c22-19-9-5-15-21(19)17-10-12-18(13-11-17)25(23,24)20-14-4-8-16-6-2-1-3-7-16/h1-3,6-7,10-13,20H,4-5,8-9,14-15H2. The van der Waals surface area contributed by atoms with Crippen LogP contribution in [-0.2, 0) is 21.2 Å². The molecule has 1 aliphatic rings. The molecule has 0 saturated carbocycles. The van der Waals surface area contributed by atoms with Crippen molar-refractivity contribution in [3.8, 4) is 0 Å². The Morgan fingerprint density at radius 1 is 1.00 bits per heavy atom. The van der Waals surface area contributed by atoms with Gasteiger partial charge in [-0.2, -0.15) is 0 Å². The minimum Gasteiger partial charge on any atom is -0.312 e. The molecule has 0 bridgehead atoms. The molecule has 0 aliphatic carbocycles. The molecule has 25 heavy (non-hydrogen) atoms. The SMILES string of the molecule is O=C1CCCN1c1ccc(S(=O)(=O)NCCCc2ccccc2)cc1. The van der Waals surface area contributed by atoms with Crippen molar-refractivity contribution in [2.45, 2.75) is 30.6 Å². The van der Waals surface area contributed by atoms with Gasteiger partial charge in [0.1, 0.15) is 0 Å². The van der Waals surface area contributed by atoms with Gasteiger partial charge in [-0.1, -0.05) is 30.3 Å². The first-order valence-corrected chi connectivity index (χ1v) is 9.99. The predicted molar refractivity (Wildman–Crippen MR) is 98.0 cm³/mol. The maximum atomic E-state index is 12.3. The largest absolute Gasteiger partial charge is 0.312 e. The third kappa shape index (κ3) is 4.46. The van der Waals surface area contributed by atoms with E-state index in [1.165, 1.54) is 5.56 Å². The van der Waals surface area contributed by atoms with Crippen LogP contribution >= 0.6 is 0 Å². The Bertz CT molecular complexity index is 818. The molecule has 2 aromatic rings. The maximum absolute atomic E-state index is 12.3. The molecular weight excluding hydrogens is 336 g/mol. The summed E-state index contributed by atoms with van der Waals surface area (Å²) >= 11 is 0. The summed E-state index contributed by atoms with van der Waals surface area (Å²) in [6.45, 7) is 1.09. The molecular formula is C19H22N2O3S. The van der Waals surface area contributed by atoms with Crippen molar-refractivity contribution in [2.24, 2.45) is 0 Å². The van der Waals surface area contributed by atoms with Crippen molar-refractivity contribution >= 4 is 21.6 Å². The van der Waals surface area contributed by atoms with Crippen molar-refractivity contribution in [2.75, 3.05) is 18.0 Å². The summed E-state index contributed by atoms with van der Waals surface area (Å²) in [6.07, 6.45) is 2.98. The Hall–Kier alpha value is -2.18. The molecule has 2 aromatic carbocycles. The summed E-state index contributed by atoms with van der Waals surface area (Å²) in [6, 6.07) is 16.5. The summed E-state index contributed by atoms with van der Waals surface area (Å²) in [4.78, 5) is 13.7. The molecule has 6 heteroatoms. The molecule has 1 heterocycles. The van der Waals surface area contributed by atoms with Gasteiger partial charge in [0, 0.05) is 25.2 Å². The third-order valence-corrected chi connectivity index (χ3v) is 5.79. The fourth-order valence-corrected chi connectivity index (χ4v) is 4.03. The second kappa shape index (κ2) is 7.80. The Kier molecular flexibility index (Phi) is 5.50. The number of amides is 1. The van der Waals surface area contributed by atoms with Gasteiger partial charge < -0.3 is 4.90 Å². The average Bonchev–Trinajstić information content (AvgIpc) is 3.06. The quantitative estimate of drug-likeness (QED) is 0.774. The van der Waals surface area contributed by atoms with E-state index in [0.717, 1.165) is 24.9 Å². The number of rotatable bonds is 7. The van der Waals surface area contributed by atoms with Gasteiger partial charge in [0.25, 0.3) is 0 Å². The first-order chi connectivity index (χ1) is 12.1. The van der Waals surface area contributed by atoms with Crippen LogP contribution in [0.15, 0.2) is 59.5 Å². The van der Waals surface area contributed by atoms with E-state index in [9.17, 15) is 13.2 Å². The Morgan fingerprint density at radius 2 is 1.72 bits per heavy atom. The van der Waals surface area contributed by atoms with Gasteiger partial charge >= 0.3 is 0 Å². The lowest BCUT2D eigenvalue weighted by atomic mass is 10.1. The lowest BCUT2D eigenvalue weighted by molar-refractivity contribution is -0.117. The number of benzene rings is 2. The lowest BCUT2D eigenvalue weighted by Gasteiger charge is -2.16. The van der Waals surface area contributed by atoms with Gasteiger partial charge in [-0.25, -0.2) is 13.1 Å².